The summed E-state index contributed by atoms with van der Waals surface area (Å²) in [6, 6.07) is 24.8. The molecule has 0 spiro atoms. The molecule has 0 heterocycles. The second-order valence-electron chi connectivity index (χ2n) is 6.46. The van der Waals surface area contributed by atoms with Gasteiger partial charge in [0.15, 0.2) is 5.66 Å². The van der Waals surface area contributed by atoms with Gasteiger partial charge < -0.3 is 9.79 Å². The van der Waals surface area contributed by atoms with Crippen molar-refractivity contribution in [3.05, 3.63) is 96.1 Å². The first-order chi connectivity index (χ1) is 12.9. The number of Topliss-reactive ketones (excluding diaryl/α,β-unsaturated/α-hetero) is 1. The summed E-state index contributed by atoms with van der Waals surface area (Å²) in [4.78, 5) is 47.5. The first-order valence-corrected chi connectivity index (χ1v) is 10.1. The number of carbonyl (C=O) groups excluding carboxylic acids is 1. The van der Waals surface area contributed by atoms with E-state index in [0.717, 1.165) is 16.2 Å². The van der Waals surface area contributed by atoms with Crippen LogP contribution in [0.4, 0.5) is 0 Å². The summed E-state index contributed by atoms with van der Waals surface area (Å²) in [5.74, 6) is -0.641. The van der Waals surface area contributed by atoms with E-state index in [9.17, 15) is 19.5 Å². The second kappa shape index (κ2) is 6.84. The van der Waals surface area contributed by atoms with Gasteiger partial charge in [-0.15, -0.1) is 0 Å². The molecule has 4 nitrogen and oxygen atoms in total. The van der Waals surface area contributed by atoms with Crippen molar-refractivity contribution in [2.45, 2.75) is 5.66 Å². The first-order valence-electron chi connectivity index (χ1n) is 8.49. The lowest BCUT2D eigenvalue weighted by Gasteiger charge is -2.35. The van der Waals surface area contributed by atoms with E-state index < -0.39 is 19.4 Å². The largest absolute Gasteiger partial charge is 0.659 e. The molecule has 0 amide bonds. The average Bonchev–Trinajstić information content (AvgIpc) is 2.67. The van der Waals surface area contributed by atoms with Gasteiger partial charge in [0.25, 0.3) is 0 Å². The van der Waals surface area contributed by atoms with Crippen LogP contribution in [-0.4, -0.2) is 10.7 Å². The maximum Gasteiger partial charge on any atom is 0.209 e. The van der Waals surface area contributed by atoms with E-state index >= 15 is 0 Å². The van der Waals surface area contributed by atoms with Crippen molar-refractivity contribution in [1.29, 1.82) is 0 Å². The van der Waals surface area contributed by atoms with Crippen molar-refractivity contribution in [2.24, 2.45) is 0 Å². The molecule has 0 fully saturated rings. The van der Waals surface area contributed by atoms with Crippen molar-refractivity contribution in [3.8, 4) is 0 Å². The molecule has 0 aliphatic carbocycles. The van der Waals surface area contributed by atoms with Gasteiger partial charge in [-0.05, 0) is 27.6 Å². The van der Waals surface area contributed by atoms with Crippen LogP contribution in [-0.2, 0) is 0 Å². The van der Waals surface area contributed by atoms with Crippen molar-refractivity contribution >= 4 is 35.3 Å². The number of hydrogen-bond donors (Lipinski definition) is 1. The van der Waals surface area contributed by atoms with Crippen LogP contribution in [0.3, 0.4) is 0 Å². The van der Waals surface area contributed by atoms with Gasteiger partial charge in [0.05, 0.1) is 7.94 Å². The van der Waals surface area contributed by atoms with E-state index in [1.54, 1.807) is 42.5 Å². The molecule has 4 aromatic carbocycles. The highest BCUT2D eigenvalue weighted by molar-refractivity contribution is 7.57. The molecule has 1 N–H and O–H groups in total. The Morgan fingerprint density at radius 1 is 0.778 bits per heavy atom. The molecule has 4 rings (SSSR count). The standard InChI is InChI=1S/C22H17O4P/c23-21(18-13-12-15-6-1-2-8-17(15)14-18)22(27(24,25)26)20-11-5-9-16-7-3-4-10-19(16)20/h1-14,22H,(H2,24,25,26)/p-1. The van der Waals surface area contributed by atoms with Gasteiger partial charge in [-0.2, -0.15) is 0 Å². The van der Waals surface area contributed by atoms with Crippen LogP contribution in [0.2, 0.25) is 0 Å². The predicted molar refractivity (Wildman–Crippen MR) is 104 cm³/mol. The van der Waals surface area contributed by atoms with E-state index in [1.807, 2.05) is 42.5 Å². The molecule has 5 heteroatoms. The van der Waals surface area contributed by atoms with E-state index in [0.29, 0.717) is 5.39 Å². The molecular formula is C22H16O4P-. The molecule has 0 aliphatic heterocycles. The van der Waals surface area contributed by atoms with Crippen molar-refractivity contribution < 1.29 is 19.5 Å². The Hall–Kier alpha value is -2.62. The Bertz CT molecular complexity index is 1140. The summed E-state index contributed by atoms with van der Waals surface area (Å²) in [6.45, 7) is 0. The Morgan fingerprint density at radius 3 is 2.15 bits per heavy atom. The second-order valence-corrected chi connectivity index (χ2v) is 8.11. The minimum absolute atomic E-state index is 0.247. The highest BCUT2D eigenvalue weighted by Crippen LogP contribution is 2.54. The highest BCUT2D eigenvalue weighted by atomic mass is 31.2. The van der Waals surface area contributed by atoms with Crippen LogP contribution >= 0.6 is 7.94 Å². The van der Waals surface area contributed by atoms with E-state index in [2.05, 4.69) is 0 Å². The zero-order valence-electron chi connectivity index (χ0n) is 14.3. The Labute approximate surface area is 156 Å². The third-order valence-corrected chi connectivity index (χ3v) is 5.89. The summed E-state index contributed by atoms with van der Waals surface area (Å²) in [5, 5.41) is 3.22. The third kappa shape index (κ3) is 3.36. The van der Waals surface area contributed by atoms with E-state index in [4.69, 9.17) is 0 Å². The number of rotatable bonds is 4. The summed E-state index contributed by atoms with van der Waals surface area (Å²) < 4.78 is 0. The fourth-order valence-corrected chi connectivity index (χ4v) is 4.48. The molecule has 1 atom stereocenters. The Balaban J connectivity index is 1.88. The molecule has 134 valence electrons. The van der Waals surface area contributed by atoms with Crippen LogP contribution in [0, 0.1) is 0 Å². The van der Waals surface area contributed by atoms with E-state index in [-0.39, 0.29) is 11.1 Å². The van der Waals surface area contributed by atoms with Crippen LogP contribution in [0.15, 0.2) is 84.9 Å². The summed E-state index contributed by atoms with van der Waals surface area (Å²) in [7, 11) is -4.98. The summed E-state index contributed by atoms with van der Waals surface area (Å²) >= 11 is 0. The number of benzene rings is 4. The summed E-state index contributed by atoms with van der Waals surface area (Å²) in [6.07, 6.45) is 0. The maximum atomic E-state index is 13.1. The van der Waals surface area contributed by atoms with Gasteiger partial charge in [-0.3, -0.25) is 9.69 Å². The van der Waals surface area contributed by atoms with Gasteiger partial charge in [-0.25, -0.2) is 0 Å². The van der Waals surface area contributed by atoms with E-state index in [1.165, 1.54) is 0 Å². The molecule has 0 bridgehead atoms. The number of carbonyl (C=O) groups is 1. The average molecular weight is 375 g/mol. The minimum atomic E-state index is -4.98. The Kier molecular flexibility index (Phi) is 4.50. The first kappa shape index (κ1) is 17.8. The van der Waals surface area contributed by atoms with Gasteiger partial charge in [0, 0.05) is 11.1 Å². The Morgan fingerprint density at radius 2 is 1.41 bits per heavy atom. The normalized spacial score (nSPS) is 13.0. The molecule has 0 aliphatic rings. The van der Waals surface area contributed by atoms with Crippen LogP contribution < -0.4 is 9.79 Å². The fraction of sp³-hybridized carbons (Fsp3) is 0.0455. The fourth-order valence-electron chi connectivity index (χ4n) is 3.45. The molecular weight excluding hydrogens is 359 g/mol. The molecule has 0 saturated heterocycles. The third-order valence-electron chi connectivity index (χ3n) is 4.73. The molecule has 0 aromatic heterocycles. The van der Waals surface area contributed by atoms with Crippen LogP contribution in [0.25, 0.3) is 21.5 Å². The minimum Gasteiger partial charge on any atom is -0.659 e. The highest BCUT2D eigenvalue weighted by Gasteiger charge is 2.36. The SMILES string of the molecule is O=C(c1ccc2ccccc2c1)C(c1cccc2ccccc12)[P+]([O-])([O-])O. The van der Waals surface area contributed by atoms with Gasteiger partial charge >= 0.3 is 0 Å². The predicted octanol–water partition coefficient (Wildman–Crippen LogP) is 3.39. The quantitative estimate of drug-likeness (QED) is 0.438. The zero-order valence-corrected chi connectivity index (χ0v) is 15.2. The topological polar surface area (TPSA) is 83.4 Å². The summed E-state index contributed by atoms with van der Waals surface area (Å²) in [5.41, 5.74) is -1.12. The number of ketones is 1. The molecule has 27 heavy (non-hydrogen) atoms. The van der Waals surface area contributed by atoms with Gasteiger partial charge in [0.2, 0.25) is 5.78 Å². The lowest BCUT2D eigenvalue weighted by molar-refractivity contribution is -0.333. The molecule has 0 radical (unpaired) electrons. The molecule has 1 unspecified atom stereocenters. The number of hydrogen-bond acceptors (Lipinski definition) is 4. The van der Waals surface area contributed by atoms with Crippen molar-refractivity contribution in [2.75, 3.05) is 0 Å². The maximum absolute atomic E-state index is 13.1. The van der Waals surface area contributed by atoms with Crippen LogP contribution in [0.5, 0.6) is 0 Å². The van der Waals surface area contributed by atoms with Gasteiger partial charge in [-0.1, -0.05) is 78.9 Å². The lowest BCUT2D eigenvalue weighted by atomic mass is 9.96. The van der Waals surface area contributed by atoms with Crippen molar-refractivity contribution in [3.63, 3.8) is 0 Å². The van der Waals surface area contributed by atoms with Crippen LogP contribution in [0.1, 0.15) is 21.6 Å². The monoisotopic (exact) mass is 375 g/mol. The molecule has 4 aromatic rings. The lowest BCUT2D eigenvalue weighted by Crippen LogP contribution is -2.31. The zero-order chi connectivity index (χ0) is 19.0. The molecule has 0 saturated carbocycles. The van der Waals surface area contributed by atoms with Gasteiger partial charge in [0.1, 0.15) is 0 Å². The smallest absolute Gasteiger partial charge is 0.209 e. The number of fused-ring (bicyclic) bond motifs is 2. The van der Waals surface area contributed by atoms with Crippen molar-refractivity contribution in [1.82, 2.24) is 0 Å².